The molecule has 0 amide bonds. The van der Waals surface area contributed by atoms with Crippen molar-refractivity contribution >= 4 is 21.6 Å². The van der Waals surface area contributed by atoms with E-state index in [2.05, 4.69) is 6.58 Å². The highest BCUT2D eigenvalue weighted by Gasteiger charge is 2.58. The summed E-state index contributed by atoms with van der Waals surface area (Å²) in [6.45, 7) is 6.15. The highest BCUT2D eigenvalue weighted by atomic mass is 32.2. The SMILES string of the molecule is C=CC1(O)CC(C(=O)CC(C)=O)(c2cc(F)c(CN3[C@@H](C)CC[C@H](c4ccccc4)S3(=O)=O)cc2F)C1. The number of rotatable bonds is 8. The van der Waals surface area contributed by atoms with Crippen LogP contribution >= 0.6 is 0 Å². The van der Waals surface area contributed by atoms with Crippen molar-refractivity contribution in [2.24, 2.45) is 0 Å². The van der Waals surface area contributed by atoms with E-state index in [-0.39, 0.29) is 30.5 Å². The Hall–Kier alpha value is -2.75. The molecule has 1 saturated heterocycles. The molecule has 0 spiro atoms. The number of nitrogens with zero attached hydrogens (tertiary/aromatic N) is 1. The molecule has 6 nitrogen and oxygen atoms in total. The summed E-state index contributed by atoms with van der Waals surface area (Å²) < 4.78 is 59.1. The van der Waals surface area contributed by atoms with Crippen molar-refractivity contribution in [2.45, 2.75) is 74.8 Å². The maximum absolute atomic E-state index is 15.5. The van der Waals surface area contributed by atoms with E-state index in [0.717, 1.165) is 12.1 Å². The van der Waals surface area contributed by atoms with E-state index in [1.807, 2.05) is 0 Å². The van der Waals surface area contributed by atoms with Gasteiger partial charge in [0.05, 0.1) is 17.4 Å². The molecule has 9 heteroatoms. The third-order valence-electron chi connectivity index (χ3n) is 7.71. The van der Waals surface area contributed by atoms with Crippen molar-refractivity contribution < 1.29 is 31.9 Å². The molecule has 0 radical (unpaired) electrons. The van der Waals surface area contributed by atoms with Crippen LogP contribution in [0, 0.1) is 11.6 Å². The molecule has 1 saturated carbocycles. The minimum atomic E-state index is -3.86. The van der Waals surface area contributed by atoms with Gasteiger partial charge in [0.25, 0.3) is 0 Å². The number of hydrogen-bond donors (Lipinski definition) is 1. The van der Waals surface area contributed by atoms with Crippen molar-refractivity contribution in [1.82, 2.24) is 4.31 Å². The minimum Gasteiger partial charge on any atom is -0.386 e. The van der Waals surface area contributed by atoms with Crippen LogP contribution in [-0.2, 0) is 31.6 Å². The fourth-order valence-corrected chi connectivity index (χ4v) is 7.85. The zero-order valence-electron chi connectivity index (χ0n) is 20.9. The molecule has 1 heterocycles. The maximum atomic E-state index is 15.5. The molecule has 1 N–H and O–H groups in total. The average Bonchev–Trinajstić information content (AvgIpc) is 2.81. The number of halogens is 2. The van der Waals surface area contributed by atoms with Gasteiger partial charge in [0.15, 0.2) is 5.78 Å². The predicted molar refractivity (Wildman–Crippen MR) is 135 cm³/mol. The van der Waals surface area contributed by atoms with Gasteiger partial charge in [-0.15, -0.1) is 6.58 Å². The Balaban J connectivity index is 1.68. The number of Topliss-reactive ketones (excluding diaryl/α,β-unsaturated/α-hetero) is 2. The summed E-state index contributed by atoms with van der Waals surface area (Å²) in [5.41, 5.74) is -2.76. The van der Waals surface area contributed by atoms with Crippen LogP contribution in [0.5, 0.6) is 0 Å². The van der Waals surface area contributed by atoms with E-state index in [0.29, 0.717) is 18.4 Å². The molecule has 198 valence electrons. The highest BCUT2D eigenvalue weighted by Crippen LogP contribution is 2.53. The number of benzene rings is 2. The van der Waals surface area contributed by atoms with Crippen molar-refractivity contribution in [1.29, 1.82) is 0 Å². The van der Waals surface area contributed by atoms with Crippen LogP contribution in [0.3, 0.4) is 0 Å². The highest BCUT2D eigenvalue weighted by molar-refractivity contribution is 7.89. The lowest BCUT2D eigenvalue weighted by Gasteiger charge is -2.51. The zero-order valence-corrected chi connectivity index (χ0v) is 21.7. The van der Waals surface area contributed by atoms with Gasteiger partial charge in [-0.25, -0.2) is 17.2 Å². The molecule has 2 aliphatic rings. The lowest BCUT2D eigenvalue weighted by Crippen LogP contribution is -2.58. The molecule has 0 bridgehead atoms. The maximum Gasteiger partial charge on any atom is 0.221 e. The van der Waals surface area contributed by atoms with Crippen molar-refractivity contribution in [3.8, 4) is 0 Å². The first-order valence-corrected chi connectivity index (χ1v) is 13.8. The van der Waals surface area contributed by atoms with E-state index >= 15 is 8.78 Å². The first-order valence-electron chi connectivity index (χ1n) is 12.3. The summed E-state index contributed by atoms with van der Waals surface area (Å²) in [5, 5.41) is 9.71. The van der Waals surface area contributed by atoms with Crippen LogP contribution in [0.2, 0.25) is 0 Å². The Morgan fingerprint density at radius 2 is 1.78 bits per heavy atom. The van der Waals surface area contributed by atoms with Crippen LogP contribution in [0.1, 0.15) is 67.9 Å². The fraction of sp³-hybridized carbons (Fsp3) is 0.429. The standard InChI is InChI=1S/C28H31F2NO5S/c1-4-27(34)16-28(17-27,26(33)12-19(3)32)22-14-23(29)21(13-24(22)30)15-31-18(2)10-11-25(37(31,35)36)20-8-6-5-7-9-20/h4-9,13-14,18,25,34H,1,10-12,15-17H2,2-3H3/t18-,25+,27?,28?/m0/s1. The topological polar surface area (TPSA) is 91.8 Å². The zero-order chi connectivity index (χ0) is 27.2. The van der Waals surface area contributed by atoms with Crippen LogP contribution in [-0.4, -0.2) is 41.0 Å². The lowest BCUT2D eigenvalue weighted by atomic mass is 9.53. The third kappa shape index (κ3) is 4.92. The molecule has 2 fully saturated rings. The second-order valence-corrected chi connectivity index (χ2v) is 12.5. The third-order valence-corrected chi connectivity index (χ3v) is 10.1. The Bertz CT molecular complexity index is 1340. The molecule has 4 rings (SSSR count). The molecule has 1 aliphatic carbocycles. The van der Waals surface area contributed by atoms with Crippen molar-refractivity contribution in [3.63, 3.8) is 0 Å². The number of ketones is 2. The number of carbonyl (C=O) groups is 2. The van der Waals surface area contributed by atoms with Gasteiger partial charge in [0.2, 0.25) is 10.0 Å². The Morgan fingerprint density at radius 1 is 1.14 bits per heavy atom. The predicted octanol–water partition coefficient (Wildman–Crippen LogP) is 4.52. The van der Waals surface area contributed by atoms with Crippen LogP contribution in [0.25, 0.3) is 0 Å². The van der Waals surface area contributed by atoms with E-state index < -0.39 is 62.0 Å². The summed E-state index contributed by atoms with van der Waals surface area (Å²) in [5.74, 6) is -2.77. The smallest absolute Gasteiger partial charge is 0.221 e. The first-order chi connectivity index (χ1) is 17.3. The number of hydrogen-bond acceptors (Lipinski definition) is 5. The Labute approximate surface area is 216 Å². The Kier molecular flexibility index (Phi) is 7.27. The van der Waals surface area contributed by atoms with Gasteiger partial charge in [0, 0.05) is 23.7 Å². The number of carbonyl (C=O) groups excluding carboxylic acids is 2. The second-order valence-electron chi connectivity index (χ2n) is 10.4. The van der Waals surface area contributed by atoms with Crippen molar-refractivity contribution in [3.05, 3.63) is 83.4 Å². The lowest BCUT2D eigenvalue weighted by molar-refractivity contribution is -0.141. The van der Waals surface area contributed by atoms with Gasteiger partial charge in [0.1, 0.15) is 22.7 Å². The Morgan fingerprint density at radius 3 is 2.38 bits per heavy atom. The summed E-state index contributed by atoms with van der Waals surface area (Å²) in [6.07, 6.45) is 1.32. The van der Waals surface area contributed by atoms with Gasteiger partial charge in [-0.05, 0) is 57.2 Å². The molecule has 1 aliphatic heterocycles. The quantitative estimate of drug-likeness (QED) is 0.400. The van der Waals surface area contributed by atoms with Crippen LogP contribution < -0.4 is 0 Å². The van der Waals surface area contributed by atoms with Crippen LogP contribution in [0.15, 0.2) is 55.1 Å². The van der Waals surface area contributed by atoms with Crippen LogP contribution in [0.4, 0.5) is 8.78 Å². The van der Waals surface area contributed by atoms with Gasteiger partial charge in [-0.3, -0.25) is 9.59 Å². The molecule has 37 heavy (non-hydrogen) atoms. The van der Waals surface area contributed by atoms with Crippen molar-refractivity contribution in [2.75, 3.05) is 0 Å². The molecule has 0 aromatic heterocycles. The van der Waals surface area contributed by atoms with Gasteiger partial charge in [-0.1, -0.05) is 36.4 Å². The first kappa shape index (κ1) is 27.3. The van der Waals surface area contributed by atoms with Gasteiger partial charge in [-0.2, -0.15) is 4.31 Å². The number of aliphatic hydroxyl groups is 1. The van der Waals surface area contributed by atoms with E-state index in [9.17, 15) is 23.1 Å². The van der Waals surface area contributed by atoms with E-state index in [1.54, 1.807) is 37.3 Å². The fourth-order valence-electron chi connectivity index (χ4n) is 5.67. The molecule has 2 atom stereocenters. The van der Waals surface area contributed by atoms with E-state index in [4.69, 9.17) is 0 Å². The van der Waals surface area contributed by atoms with Gasteiger partial charge < -0.3 is 5.11 Å². The summed E-state index contributed by atoms with van der Waals surface area (Å²) in [7, 11) is -3.86. The summed E-state index contributed by atoms with van der Waals surface area (Å²) >= 11 is 0. The number of sulfonamides is 1. The molecular weight excluding hydrogens is 500 g/mol. The monoisotopic (exact) mass is 531 g/mol. The molecule has 0 unspecified atom stereocenters. The molecule has 2 aromatic rings. The normalized spacial score (nSPS) is 29.3. The largest absolute Gasteiger partial charge is 0.386 e. The average molecular weight is 532 g/mol. The van der Waals surface area contributed by atoms with E-state index in [1.165, 1.54) is 17.3 Å². The molecule has 2 aromatic carbocycles. The summed E-state index contributed by atoms with van der Waals surface area (Å²) in [4.78, 5) is 24.6. The van der Waals surface area contributed by atoms with Gasteiger partial charge >= 0.3 is 0 Å². The summed E-state index contributed by atoms with van der Waals surface area (Å²) in [6, 6.07) is 10.2. The second kappa shape index (κ2) is 9.85. The molecular formula is C28H31F2NO5S. The minimum absolute atomic E-state index is 0.155.